The predicted molar refractivity (Wildman–Crippen MR) is 95.9 cm³/mol. The number of hydrogen-bond acceptors (Lipinski definition) is 7. The predicted octanol–water partition coefficient (Wildman–Crippen LogP) is 0.839. The van der Waals surface area contributed by atoms with Gasteiger partial charge in [-0.2, -0.15) is 0 Å². The summed E-state index contributed by atoms with van der Waals surface area (Å²) in [7, 11) is 1.51. The lowest BCUT2D eigenvalue weighted by molar-refractivity contribution is -0.135. The number of nitrogens with one attached hydrogen (secondary N) is 2. The number of methoxy groups -OCH3 is 1. The average Bonchev–Trinajstić information content (AvgIpc) is 2.75. The molecule has 28 heavy (non-hydrogen) atoms. The van der Waals surface area contributed by atoms with Crippen molar-refractivity contribution in [3.8, 4) is 17.2 Å². The Morgan fingerprint density at radius 1 is 1.04 bits per heavy atom. The highest BCUT2D eigenvalue weighted by atomic mass is 16.6. The fraction of sp³-hybridized carbons (Fsp3) is 0.211. The summed E-state index contributed by atoms with van der Waals surface area (Å²) in [5, 5.41) is 0. The minimum Gasteiger partial charge on any atom is -0.497 e. The molecule has 1 heterocycles. The third-order valence-electron chi connectivity index (χ3n) is 3.79. The molecule has 1 aliphatic heterocycles. The number of ether oxygens (including phenoxy) is 4. The van der Waals surface area contributed by atoms with Gasteiger partial charge in [0, 0.05) is 0 Å². The minimum atomic E-state index is -0.919. The molecule has 2 N–H and O–H groups in total. The van der Waals surface area contributed by atoms with Gasteiger partial charge in [-0.25, -0.2) is 4.79 Å². The summed E-state index contributed by atoms with van der Waals surface area (Å²) >= 11 is 0. The van der Waals surface area contributed by atoms with E-state index >= 15 is 0 Å². The van der Waals surface area contributed by atoms with E-state index in [0.717, 1.165) is 0 Å². The smallest absolute Gasteiger partial charge is 0.338 e. The monoisotopic (exact) mass is 386 g/mol. The molecular weight excluding hydrogens is 368 g/mol. The molecule has 2 amide bonds. The van der Waals surface area contributed by atoms with Crippen molar-refractivity contribution in [3.05, 3.63) is 54.1 Å². The van der Waals surface area contributed by atoms with Gasteiger partial charge in [0.2, 0.25) is 6.10 Å². The number of carbonyl (C=O) groups excluding carboxylic acids is 3. The third-order valence-corrected chi connectivity index (χ3v) is 3.79. The molecule has 1 aliphatic rings. The van der Waals surface area contributed by atoms with Gasteiger partial charge in [0.15, 0.2) is 18.1 Å². The molecule has 0 spiro atoms. The van der Waals surface area contributed by atoms with Crippen molar-refractivity contribution in [2.24, 2.45) is 0 Å². The van der Waals surface area contributed by atoms with Crippen molar-refractivity contribution in [1.29, 1.82) is 0 Å². The Kier molecular flexibility index (Phi) is 5.95. The van der Waals surface area contributed by atoms with E-state index in [0.29, 0.717) is 17.2 Å². The van der Waals surface area contributed by atoms with Crippen molar-refractivity contribution in [2.45, 2.75) is 6.10 Å². The minimum absolute atomic E-state index is 0.00513. The summed E-state index contributed by atoms with van der Waals surface area (Å²) in [6.07, 6.45) is -0.919. The highest BCUT2D eigenvalue weighted by Crippen LogP contribution is 2.30. The standard InChI is InChI=1S/C19H18N2O7/c1-25-13-8-6-12(7-9-13)19(24)27-11-17(22)20-21-18(23)16-10-26-14-4-2-3-5-15(14)28-16/h2-9,16H,10-11H2,1H3,(H,20,22)(H,21,23)/t16-/m0/s1. The number of hydrazine groups is 1. The molecule has 2 aromatic carbocycles. The molecule has 0 unspecified atom stereocenters. The van der Waals surface area contributed by atoms with Crippen LogP contribution in [-0.4, -0.2) is 44.2 Å². The summed E-state index contributed by atoms with van der Waals surface area (Å²) in [4.78, 5) is 35.7. The van der Waals surface area contributed by atoms with Gasteiger partial charge in [-0.05, 0) is 36.4 Å². The molecule has 2 aromatic rings. The van der Waals surface area contributed by atoms with Crippen LogP contribution in [0.4, 0.5) is 0 Å². The Hall–Kier alpha value is -3.75. The first-order valence-corrected chi connectivity index (χ1v) is 8.35. The Labute approximate surface area is 160 Å². The van der Waals surface area contributed by atoms with Gasteiger partial charge in [0.25, 0.3) is 11.8 Å². The van der Waals surface area contributed by atoms with Crippen molar-refractivity contribution >= 4 is 17.8 Å². The van der Waals surface area contributed by atoms with Gasteiger partial charge >= 0.3 is 5.97 Å². The van der Waals surface area contributed by atoms with Crippen LogP contribution in [0.5, 0.6) is 17.2 Å². The van der Waals surface area contributed by atoms with Crippen molar-refractivity contribution in [2.75, 3.05) is 20.3 Å². The van der Waals surface area contributed by atoms with Crippen LogP contribution in [0.25, 0.3) is 0 Å². The second-order valence-corrected chi connectivity index (χ2v) is 5.71. The molecule has 9 heteroatoms. The topological polar surface area (TPSA) is 112 Å². The average molecular weight is 386 g/mol. The Balaban J connectivity index is 1.41. The largest absolute Gasteiger partial charge is 0.497 e. The summed E-state index contributed by atoms with van der Waals surface area (Å²) in [5.41, 5.74) is 4.64. The number of esters is 1. The van der Waals surface area contributed by atoms with E-state index in [1.54, 1.807) is 36.4 Å². The highest BCUT2D eigenvalue weighted by molar-refractivity contribution is 5.92. The number of benzene rings is 2. The van der Waals surface area contributed by atoms with Crippen LogP contribution >= 0.6 is 0 Å². The van der Waals surface area contributed by atoms with E-state index in [9.17, 15) is 14.4 Å². The summed E-state index contributed by atoms with van der Waals surface area (Å²) in [6, 6.07) is 13.2. The molecule has 3 rings (SSSR count). The quantitative estimate of drug-likeness (QED) is 0.578. The second-order valence-electron chi connectivity index (χ2n) is 5.71. The fourth-order valence-electron chi connectivity index (χ4n) is 2.34. The van der Waals surface area contributed by atoms with Crippen molar-refractivity contribution < 1.29 is 33.3 Å². The summed E-state index contributed by atoms with van der Waals surface area (Å²) in [5.74, 6) is -0.398. The number of amides is 2. The number of carbonyl (C=O) groups is 3. The lowest BCUT2D eigenvalue weighted by Gasteiger charge is -2.25. The van der Waals surface area contributed by atoms with Crippen LogP contribution in [-0.2, 0) is 14.3 Å². The Morgan fingerprint density at radius 2 is 1.75 bits per heavy atom. The first kappa shape index (κ1) is 19.0. The van der Waals surface area contributed by atoms with Crippen molar-refractivity contribution in [1.82, 2.24) is 10.9 Å². The van der Waals surface area contributed by atoms with Gasteiger partial charge < -0.3 is 18.9 Å². The van der Waals surface area contributed by atoms with Crippen LogP contribution in [0.1, 0.15) is 10.4 Å². The number of fused-ring (bicyclic) bond motifs is 1. The second kappa shape index (κ2) is 8.76. The van der Waals surface area contributed by atoms with E-state index in [1.165, 1.54) is 19.2 Å². The maximum Gasteiger partial charge on any atom is 0.338 e. The maximum atomic E-state index is 12.1. The highest BCUT2D eigenvalue weighted by Gasteiger charge is 2.27. The van der Waals surface area contributed by atoms with E-state index < -0.39 is 30.5 Å². The molecule has 0 saturated heterocycles. The van der Waals surface area contributed by atoms with Crippen LogP contribution in [0.2, 0.25) is 0 Å². The van der Waals surface area contributed by atoms with E-state index in [1.807, 2.05) is 0 Å². The molecular formula is C19H18N2O7. The molecule has 146 valence electrons. The normalized spacial score (nSPS) is 14.5. The molecule has 1 atom stereocenters. The third kappa shape index (κ3) is 4.70. The molecule has 0 fully saturated rings. The molecule has 9 nitrogen and oxygen atoms in total. The number of rotatable bonds is 5. The van der Waals surface area contributed by atoms with E-state index in [4.69, 9.17) is 18.9 Å². The fourth-order valence-corrected chi connectivity index (χ4v) is 2.34. The van der Waals surface area contributed by atoms with Gasteiger partial charge in [-0.1, -0.05) is 12.1 Å². The van der Waals surface area contributed by atoms with E-state index in [-0.39, 0.29) is 12.2 Å². The Morgan fingerprint density at radius 3 is 2.46 bits per heavy atom. The van der Waals surface area contributed by atoms with Gasteiger partial charge in [0.05, 0.1) is 12.7 Å². The first-order chi connectivity index (χ1) is 13.6. The van der Waals surface area contributed by atoms with Gasteiger partial charge in [0.1, 0.15) is 12.4 Å². The van der Waals surface area contributed by atoms with Crippen LogP contribution in [0, 0.1) is 0 Å². The van der Waals surface area contributed by atoms with Crippen LogP contribution < -0.4 is 25.1 Å². The van der Waals surface area contributed by atoms with Gasteiger partial charge in [-0.3, -0.25) is 20.4 Å². The lowest BCUT2D eigenvalue weighted by atomic mass is 10.2. The zero-order valence-corrected chi connectivity index (χ0v) is 15.0. The molecule has 0 radical (unpaired) electrons. The Bertz CT molecular complexity index is 867. The molecule has 0 saturated carbocycles. The molecule has 0 aliphatic carbocycles. The summed E-state index contributed by atoms with van der Waals surface area (Å²) < 4.78 is 20.8. The number of hydrogen-bond donors (Lipinski definition) is 2. The molecule has 0 bridgehead atoms. The zero-order valence-electron chi connectivity index (χ0n) is 15.0. The van der Waals surface area contributed by atoms with Crippen LogP contribution in [0.15, 0.2) is 48.5 Å². The maximum absolute atomic E-state index is 12.1. The lowest BCUT2D eigenvalue weighted by Crippen LogP contribution is -2.51. The van der Waals surface area contributed by atoms with E-state index in [2.05, 4.69) is 10.9 Å². The van der Waals surface area contributed by atoms with Gasteiger partial charge in [-0.15, -0.1) is 0 Å². The first-order valence-electron chi connectivity index (χ1n) is 8.35. The molecule has 0 aromatic heterocycles. The zero-order chi connectivity index (χ0) is 19.9. The van der Waals surface area contributed by atoms with Crippen LogP contribution in [0.3, 0.4) is 0 Å². The number of para-hydroxylation sites is 2. The van der Waals surface area contributed by atoms with Crippen molar-refractivity contribution in [3.63, 3.8) is 0 Å². The summed E-state index contributed by atoms with van der Waals surface area (Å²) in [6.45, 7) is -0.554. The SMILES string of the molecule is COc1ccc(C(=O)OCC(=O)NNC(=O)[C@@H]2COc3ccccc3O2)cc1.